The molecule has 0 radical (unpaired) electrons. The predicted molar refractivity (Wildman–Crippen MR) is 103 cm³/mol. The Hall–Kier alpha value is -2.92. The van der Waals surface area contributed by atoms with Gasteiger partial charge in [0.2, 0.25) is 5.91 Å². The number of hydrogen-bond donors (Lipinski definition) is 1. The maximum absolute atomic E-state index is 13.3. The van der Waals surface area contributed by atoms with Crippen LogP contribution in [0.2, 0.25) is 0 Å². The van der Waals surface area contributed by atoms with Crippen molar-refractivity contribution < 1.29 is 24.2 Å². The summed E-state index contributed by atoms with van der Waals surface area (Å²) in [6, 6.07) is 8.47. The number of carboxylic acids is 1. The predicted octanol–water partition coefficient (Wildman–Crippen LogP) is 1.65. The van der Waals surface area contributed by atoms with E-state index in [1.54, 1.807) is 34.1 Å². The van der Waals surface area contributed by atoms with Crippen molar-refractivity contribution in [3.63, 3.8) is 0 Å². The second kappa shape index (κ2) is 8.62. The van der Waals surface area contributed by atoms with Crippen LogP contribution in [0.1, 0.15) is 48.5 Å². The van der Waals surface area contributed by atoms with E-state index in [2.05, 4.69) is 0 Å². The molecule has 2 saturated heterocycles. The second-order valence-corrected chi connectivity index (χ2v) is 7.72. The van der Waals surface area contributed by atoms with E-state index in [0.29, 0.717) is 50.0 Å². The van der Waals surface area contributed by atoms with Crippen LogP contribution in [-0.4, -0.2) is 70.6 Å². The number of benzene rings is 1. The van der Waals surface area contributed by atoms with E-state index in [1.807, 2.05) is 13.0 Å². The third kappa shape index (κ3) is 4.40. The number of hydrogen-bond acceptors (Lipinski definition) is 5. The molecule has 2 aliphatic heterocycles. The van der Waals surface area contributed by atoms with E-state index < -0.39 is 11.5 Å². The van der Waals surface area contributed by atoms with Crippen molar-refractivity contribution in [1.29, 1.82) is 5.26 Å². The quantitative estimate of drug-likeness (QED) is 0.806. The fraction of sp³-hybridized carbons (Fsp3) is 0.524. The summed E-state index contributed by atoms with van der Waals surface area (Å²) in [6.45, 7) is 2.97. The van der Waals surface area contributed by atoms with Gasteiger partial charge in [-0.25, -0.2) is 4.79 Å². The minimum Gasteiger partial charge on any atom is -0.480 e. The largest absolute Gasteiger partial charge is 0.480 e. The first-order chi connectivity index (χ1) is 13.8. The number of rotatable bonds is 5. The first kappa shape index (κ1) is 20.8. The number of nitriles is 1. The molecule has 8 nitrogen and oxygen atoms in total. The zero-order valence-corrected chi connectivity index (χ0v) is 16.5. The third-order valence-electron chi connectivity index (χ3n) is 5.78. The van der Waals surface area contributed by atoms with Crippen LogP contribution in [-0.2, 0) is 14.3 Å². The molecule has 2 amide bonds. The molecular weight excluding hydrogens is 374 g/mol. The molecule has 2 aliphatic rings. The topological polar surface area (TPSA) is 111 Å². The summed E-state index contributed by atoms with van der Waals surface area (Å²) in [5.41, 5.74) is 0.0419. The highest BCUT2D eigenvalue weighted by Gasteiger charge is 2.48. The molecule has 2 fully saturated rings. The van der Waals surface area contributed by atoms with Crippen LogP contribution in [0.25, 0.3) is 0 Å². The lowest BCUT2D eigenvalue weighted by molar-refractivity contribution is -0.149. The average molecular weight is 399 g/mol. The van der Waals surface area contributed by atoms with E-state index >= 15 is 0 Å². The highest BCUT2D eigenvalue weighted by molar-refractivity contribution is 5.99. The van der Waals surface area contributed by atoms with Gasteiger partial charge in [0.05, 0.1) is 17.7 Å². The number of aliphatic carboxylic acids is 1. The van der Waals surface area contributed by atoms with E-state index in [9.17, 15) is 14.4 Å². The van der Waals surface area contributed by atoms with Gasteiger partial charge in [0, 0.05) is 25.2 Å². The number of nitrogens with zero attached hydrogens (tertiary/aromatic N) is 3. The lowest BCUT2D eigenvalue weighted by Crippen LogP contribution is -2.58. The van der Waals surface area contributed by atoms with E-state index in [0.717, 1.165) is 6.42 Å². The van der Waals surface area contributed by atoms with Crippen molar-refractivity contribution >= 4 is 17.8 Å². The van der Waals surface area contributed by atoms with E-state index in [4.69, 9.17) is 15.1 Å². The van der Waals surface area contributed by atoms with E-state index in [1.165, 1.54) is 0 Å². The smallest absolute Gasteiger partial charge is 0.329 e. The van der Waals surface area contributed by atoms with Crippen LogP contribution < -0.4 is 0 Å². The highest BCUT2D eigenvalue weighted by atomic mass is 16.5. The van der Waals surface area contributed by atoms with Gasteiger partial charge in [0.1, 0.15) is 12.1 Å². The Bertz CT molecular complexity index is 824. The zero-order chi connectivity index (χ0) is 21.0. The monoisotopic (exact) mass is 399 g/mol. The first-order valence-corrected chi connectivity index (χ1v) is 9.80. The summed E-state index contributed by atoms with van der Waals surface area (Å²) in [5, 5.41) is 17.6. The van der Waals surface area contributed by atoms with Crippen LogP contribution in [0.4, 0.5) is 0 Å². The summed E-state index contributed by atoms with van der Waals surface area (Å²) in [4.78, 5) is 40.4. The Kier molecular flexibility index (Phi) is 6.18. The molecule has 3 rings (SSSR count). The van der Waals surface area contributed by atoms with Gasteiger partial charge in [-0.3, -0.25) is 9.59 Å². The molecule has 0 saturated carbocycles. The number of amides is 2. The Morgan fingerprint density at radius 1 is 1.21 bits per heavy atom. The molecule has 1 N–H and O–H groups in total. The molecule has 0 aromatic heterocycles. The summed E-state index contributed by atoms with van der Waals surface area (Å²) >= 11 is 0. The molecule has 1 aromatic rings. The summed E-state index contributed by atoms with van der Waals surface area (Å²) in [5.74, 6) is -1.28. The van der Waals surface area contributed by atoms with Crippen LogP contribution in [0.5, 0.6) is 0 Å². The van der Waals surface area contributed by atoms with Crippen molar-refractivity contribution in [1.82, 2.24) is 9.80 Å². The van der Waals surface area contributed by atoms with Gasteiger partial charge in [-0.1, -0.05) is 0 Å². The van der Waals surface area contributed by atoms with Gasteiger partial charge in [-0.2, -0.15) is 5.26 Å². The number of ether oxygens (including phenoxy) is 1. The van der Waals surface area contributed by atoms with Gasteiger partial charge < -0.3 is 19.6 Å². The number of likely N-dealkylation sites (tertiary alicyclic amines) is 2. The van der Waals surface area contributed by atoms with Crippen molar-refractivity contribution in [2.45, 2.75) is 44.2 Å². The number of carboxylic acid groups (broad SMARTS) is 1. The number of piperidine rings is 1. The van der Waals surface area contributed by atoms with Crippen LogP contribution >= 0.6 is 0 Å². The van der Waals surface area contributed by atoms with Gasteiger partial charge in [-0.05, 0) is 56.9 Å². The molecular formula is C21H25N3O5. The summed E-state index contributed by atoms with van der Waals surface area (Å²) < 4.78 is 5.33. The van der Waals surface area contributed by atoms with Crippen molar-refractivity contribution in [2.24, 2.45) is 0 Å². The number of carbonyl (C=O) groups is 3. The van der Waals surface area contributed by atoms with Crippen molar-refractivity contribution in [3.05, 3.63) is 35.4 Å². The normalized spacial score (nSPS) is 22.3. The minimum absolute atomic E-state index is 0.0753. The van der Waals surface area contributed by atoms with Crippen LogP contribution in [0.15, 0.2) is 24.3 Å². The van der Waals surface area contributed by atoms with Gasteiger partial charge in [0.15, 0.2) is 0 Å². The molecule has 0 aliphatic carbocycles. The molecule has 0 spiro atoms. The lowest BCUT2D eigenvalue weighted by atomic mass is 9.94. The lowest BCUT2D eigenvalue weighted by Gasteiger charge is -2.40. The molecule has 29 heavy (non-hydrogen) atoms. The zero-order valence-electron chi connectivity index (χ0n) is 16.5. The van der Waals surface area contributed by atoms with Crippen molar-refractivity contribution in [3.8, 4) is 6.07 Å². The van der Waals surface area contributed by atoms with Crippen LogP contribution in [0.3, 0.4) is 0 Å². The standard InChI is InChI=1S/C21H25N3O5/c1-21(20(28)23-11-7-17(8-12-23)29-14-18(25)26)9-2-10-24(21)19(27)16-5-3-15(13-22)4-6-16/h3-6,17H,2,7-12,14H2,1H3,(H,25,26)/t21-/m1/s1. The molecule has 8 heteroatoms. The van der Waals surface area contributed by atoms with Gasteiger partial charge >= 0.3 is 5.97 Å². The Morgan fingerprint density at radius 2 is 1.86 bits per heavy atom. The molecule has 0 unspecified atom stereocenters. The first-order valence-electron chi connectivity index (χ1n) is 9.80. The van der Waals surface area contributed by atoms with Gasteiger partial charge in [-0.15, -0.1) is 0 Å². The molecule has 1 aromatic carbocycles. The maximum atomic E-state index is 13.3. The Labute approximate surface area is 169 Å². The summed E-state index contributed by atoms with van der Waals surface area (Å²) in [7, 11) is 0. The molecule has 2 heterocycles. The average Bonchev–Trinajstić information content (AvgIpc) is 3.14. The second-order valence-electron chi connectivity index (χ2n) is 7.72. The third-order valence-corrected chi connectivity index (χ3v) is 5.78. The van der Waals surface area contributed by atoms with Crippen LogP contribution in [0, 0.1) is 11.3 Å². The maximum Gasteiger partial charge on any atom is 0.329 e. The molecule has 0 bridgehead atoms. The van der Waals surface area contributed by atoms with Gasteiger partial charge in [0.25, 0.3) is 5.91 Å². The fourth-order valence-corrected chi connectivity index (χ4v) is 4.11. The van der Waals surface area contributed by atoms with E-state index in [-0.39, 0.29) is 24.5 Å². The minimum atomic E-state index is -1.00. The molecule has 154 valence electrons. The Morgan fingerprint density at radius 3 is 2.45 bits per heavy atom. The summed E-state index contributed by atoms with van der Waals surface area (Å²) in [6.07, 6.45) is 2.35. The highest BCUT2D eigenvalue weighted by Crippen LogP contribution is 2.33. The SMILES string of the molecule is C[C@]1(C(=O)N2CCC(OCC(=O)O)CC2)CCCN1C(=O)c1ccc(C#N)cc1. The molecule has 1 atom stereocenters. The van der Waals surface area contributed by atoms with Crippen molar-refractivity contribution in [2.75, 3.05) is 26.2 Å². The Balaban J connectivity index is 1.66. The fourth-order valence-electron chi connectivity index (χ4n) is 4.11. The number of carbonyl (C=O) groups excluding carboxylic acids is 2.